The number of allylic oxidation sites excluding steroid dienone is 1. The van der Waals surface area contributed by atoms with E-state index in [1.165, 1.54) is 0 Å². The van der Waals surface area contributed by atoms with Crippen LogP contribution in [-0.4, -0.2) is 17.6 Å². The van der Waals surface area contributed by atoms with Gasteiger partial charge in [0.2, 0.25) is 11.8 Å². The minimum atomic E-state index is -0.874. The van der Waals surface area contributed by atoms with Crippen molar-refractivity contribution in [2.45, 2.75) is 32.6 Å². The van der Waals surface area contributed by atoms with Crippen LogP contribution in [-0.2, 0) is 9.59 Å². The minimum absolute atomic E-state index is 0.0553. The van der Waals surface area contributed by atoms with Crippen molar-refractivity contribution < 1.29 is 9.59 Å². The molecule has 1 aliphatic heterocycles. The normalized spacial score (nSPS) is 26.4. The van der Waals surface area contributed by atoms with E-state index in [2.05, 4.69) is 45.6 Å². The Morgan fingerprint density at radius 2 is 2.10 bits per heavy atom. The number of nitrogens with zero attached hydrogens (tertiary/aromatic N) is 2. The van der Waals surface area contributed by atoms with E-state index in [-0.39, 0.29) is 17.6 Å². The van der Waals surface area contributed by atoms with Crippen molar-refractivity contribution in [1.29, 1.82) is 10.5 Å². The van der Waals surface area contributed by atoms with Crippen LogP contribution in [0.2, 0.25) is 0 Å². The maximum absolute atomic E-state index is 12.6. The number of carbonyl (C=O) groups excluding carboxylic acids is 2. The number of benzene rings is 1. The van der Waals surface area contributed by atoms with Crippen LogP contribution in [0, 0.1) is 39.9 Å². The van der Waals surface area contributed by atoms with Crippen LogP contribution >= 0.6 is 27.7 Å². The molecule has 6 nitrogen and oxygen atoms in total. The topological polar surface area (TPSA) is 106 Å². The van der Waals surface area contributed by atoms with Gasteiger partial charge in [-0.2, -0.15) is 10.5 Å². The number of halogens is 1. The molecule has 2 aliphatic rings. The molecule has 0 bridgehead atoms. The zero-order valence-electron chi connectivity index (χ0n) is 16.0. The summed E-state index contributed by atoms with van der Waals surface area (Å²) in [5.41, 5.74) is 0.355. The van der Waals surface area contributed by atoms with E-state index in [1.54, 1.807) is 12.1 Å². The third-order valence-corrected chi connectivity index (χ3v) is 7.06. The molecule has 0 saturated heterocycles. The van der Waals surface area contributed by atoms with Crippen LogP contribution in [0.15, 0.2) is 39.3 Å². The molecule has 1 aromatic carbocycles. The maximum atomic E-state index is 12.6. The molecular weight excluding hydrogens is 452 g/mol. The number of rotatable bonds is 4. The predicted octanol–water partition coefficient (Wildman–Crippen LogP) is 4.32. The number of thioether (sulfide) groups is 1. The van der Waals surface area contributed by atoms with Gasteiger partial charge in [-0.1, -0.05) is 47.5 Å². The van der Waals surface area contributed by atoms with Crippen LogP contribution < -0.4 is 10.6 Å². The van der Waals surface area contributed by atoms with Gasteiger partial charge in [0, 0.05) is 15.6 Å². The Hall–Kier alpha value is -2.29. The molecule has 0 unspecified atom stereocenters. The van der Waals surface area contributed by atoms with Gasteiger partial charge < -0.3 is 10.6 Å². The molecule has 1 heterocycles. The lowest BCUT2D eigenvalue weighted by Crippen LogP contribution is -2.49. The summed E-state index contributed by atoms with van der Waals surface area (Å²) in [6.45, 7) is 2.09. The average molecular weight is 473 g/mol. The van der Waals surface area contributed by atoms with Crippen LogP contribution in [0.4, 0.5) is 5.69 Å². The highest BCUT2D eigenvalue weighted by Gasteiger charge is 2.52. The van der Waals surface area contributed by atoms with Gasteiger partial charge >= 0.3 is 0 Å². The lowest BCUT2D eigenvalue weighted by molar-refractivity contribution is -0.127. The van der Waals surface area contributed by atoms with Gasteiger partial charge in [0.25, 0.3) is 0 Å². The molecule has 0 radical (unpaired) electrons. The van der Waals surface area contributed by atoms with Gasteiger partial charge in [0.1, 0.15) is 5.92 Å². The van der Waals surface area contributed by atoms with Crippen molar-refractivity contribution in [2.75, 3.05) is 11.1 Å². The summed E-state index contributed by atoms with van der Waals surface area (Å²) in [5.74, 6) is -1.09. The number of nitriles is 2. The van der Waals surface area contributed by atoms with Crippen molar-refractivity contribution in [1.82, 2.24) is 5.32 Å². The smallest absolute Gasteiger partial charge is 0.243 e. The van der Waals surface area contributed by atoms with Gasteiger partial charge in [0.15, 0.2) is 0 Å². The van der Waals surface area contributed by atoms with Crippen molar-refractivity contribution in [3.05, 3.63) is 39.3 Å². The summed E-state index contributed by atoms with van der Waals surface area (Å²) < 4.78 is 0.915. The number of hydrogen-bond donors (Lipinski definition) is 2. The first-order valence-electron chi connectivity index (χ1n) is 9.43. The Morgan fingerprint density at radius 3 is 2.72 bits per heavy atom. The number of carbonyl (C=O) groups is 2. The highest BCUT2D eigenvalue weighted by Crippen LogP contribution is 2.53. The maximum Gasteiger partial charge on any atom is 0.243 e. The molecule has 2 amide bonds. The first kappa shape index (κ1) is 21.4. The van der Waals surface area contributed by atoms with Crippen molar-refractivity contribution in [2.24, 2.45) is 17.3 Å². The van der Waals surface area contributed by atoms with E-state index in [1.807, 2.05) is 12.1 Å². The quantitative estimate of drug-likeness (QED) is 0.678. The summed E-state index contributed by atoms with van der Waals surface area (Å²) in [6, 6.07) is 11.6. The Balaban J connectivity index is 1.81. The largest absolute Gasteiger partial charge is 0.325 e. The molecule has 8 heteroatoms. The fourth-order valence-electron chi connectivity index (χ4n) is 4.27. The first-order chi connectivity index (χ1) is 13.9. The molecule has 1 aliphatic carbocycles. The highest BCUT2D eigenvalue weighted by molar-refractivity contribution is 9.10. The Bertz CT molecular complexity index is 931. The molecule has 29 heavy (non-hydrogen) atoms. The molecule has 1 aromatic rings. The predicted molar refractivity (Wildman–Crippen MR) is 115 cm³/mol. The van der Waals surface area contributed by atoms with E-state index in [9.17, 15) is 20.1 Å². The second-order valence-corrected chi connectivity index (χ2v) is 9.47. The molecular formula is C21H21BrN4O2S. The second kappa shape index (κ2) is 9.02. The van der Waals surface area contributed by atoms with E-state index in [4.69, 9.17) is 0 Å². The molecule has 3 atom stereocenters. The molecule has 1 fully saturated rings. The molecule has 1 saturated carbocycles. The Labute approximate surface area is 182 Å². The van der Waals surface area contributed by atoms with Crippen LogP contribution in [0.5, 0.6) is 0 Å². The fourth-order valence-corrected chi connectivity index (χ4v) is 5.45. The van der Waals surface area contributed by atoms with Gasteiger partial charge in [-0.25, -0.2) is 0 Å². The van der Waals surface area contributed by atoms with Gasteiger partial charge in [0.05, 0.1) is 28.5 Å². The number of amides is 2. The lowest BCUT2D eigenvalue weighted by atomic mass is 9.59. The zero-order valence-corrected chi connectivity index (χ0v) is 18.4. The number of nitrogens with one attached hydrogen (secondary N) is 2. The average Bonchev–Trinajstić information content (AvgIpc) is 2.68. The minimum Gasteiger partial charge on any atom is -0.325 e. The molecule has 2 N–H and O–H groups in total. The highest BCUT2D eigenvalue weighted by atomic mass is 79.9. The summed E-state index contributed by atoms with van der Waals surface area (Å²) in [4.78, 5) is 25.0. The third-order valence-electron chi connectivity index (χ3n) is 5.53. The van der Waals surface area contributed by atoms with Crippen LogP contribution in [0.1, 0.15) is 32.6 Å². The van der Waals surface area contributed by atoms with E-state index < -0.39 is 11.3 Å². The SMILES string of the molecule is C[C@@H]1CCC[C@@]2(C1)C(C#N)=C(SCC(=O)Nc1ccc(Br)cc1)NC(=O)[C@@H]2C#N. The van der Waals surface area contributed by atoms with E-state index >= 15 is 0 Å². The number of anilines is 1. The van der Waals surface area contributed by atoms with Crippen LogP contribution in [0.25, 0.3) is 0 Å². The van der Waals surface area contributed by atoms with Crippen molar-refractivity contribution >= 4 is 45.2 Å². The Kier molecular flexibility index (Phi) is 6.66. The molecule has 1 spiro atoms. The summed E-state index contributed by atoms with van der Waals surface area (Å²) in [6.07, 6.45) is 3.18. The lowest BCUT2D eigenvalue weighted by Gasteiger charge is -2.45. The molecule has 150 valence electrons. The van der Waals surface area contributed by atoms with E-state index in [0.29, 0.717) is 35.0 Å². The number of hydrogen-bond acceptors (Lipinski definition) is 5. The Morgan fingerprint density at radius 1 is 1.38 bits per heavy atom. The third kappa shape index (κ3) is 4.49. The summed E-state index contributed by atoms with van der Waals surface area (Å²) >= 11 is 4.49. The monoisotopic (exact) mass is 472 g/mol. The molecule has 0 aromatic heterocycles. The van der Waals surface area contributed by atoms with Gasteiger partial charge in [-0.05, 0) is 43.0 Å². The fraction of sp³-hybridized carbons (Fsp3) is 0.429. The van der Waals surface area contributed by atoms with Crippen LogP contribution in [0.3, 0.4) is 0 Å². The standard InChI is InChI=1S/C21H21BrN4O2S/c1-13-3-2-8-21(9-13)16(10-23)19(28)26-20(17(21)11-24)29-12-18(27)25-15-6-4-14(22)5-7-15/h4-7,13,16H,2-3,8-9,12H2,1H3,(H,25,27)(H,26,28)/t13-,16+,21+/m1/s1. The summed E-state index contributed by atoms with van der Waals surface area (Å²) in [7, 11) is 0. The first-order valence-corrected chi connectivity index (χ1v) is 11.2. The zero-order chi connectivity index (χ0) is 21.0. The van der Waals surface area contributed by atoms with Crippen molar-refractivity contribution in [3.63, 3.8) is 0 Å². The van der Waals surface area contributed by atoms with Crippen molar-refractivity contribution in [3.8, 4) is 12.1 Å². The second-order valence-electron chi connectivity index (χ2n) is 7.57. The van der Waals surface area contributed by atoms with Gasteiger partial charge in [-0.3, -0.25) is 9.59 Å². The summed E-state index contributed by atoms with van der Waals surface area (Å²) in [5, 5.41) is 25.5. The van der Waals surface area contributed by atoms with Gasteiger partial charge in [-0.15, -0.1) is 0 Å². The van der Waals surface area contributed by atoms with E-state index in [0.717, 1.165) is 29.1 Å². The molecule has 3 rings (SSSR count).